The maximum Gasteiger partial charge on any atom is 0.251 e. The van der Waals surface area contributed by atoms with E-state index in [0.717, 1.165) is 29.7 Å². The molecule has 18 heavy (non-hydrogen) atoms. The molecule has 0 spiro atoms. The molecule has 3 N–H and O–H groups in total. The number of thiophene rings is 1. The van der Waals surface area contributed by atoms with Gasteiger partial charge in [0, 0.05) is 11.1 Å². The minimum Gasteiger partial charge on any atom is -0.365 e. The molecule has 1 aliphatic carbocycles. The third-order valence-electron chi connectivity index (χ3n) is 2.76. The van der Waals surface area contributed by atoms with Gasteiger partial charge >= 0.3 is 0 Å². The van der Waals surface area contributed by atoms with Crippen molar-refractivity contribution >= 4 is 22.2 Å². The van der Waals surface area contributed by atoms with Crippen LogP contribution in [-0.4, -0.2) is 5.91 Å². The van der Waals surface area contributed by atoms with Crippen LogP contribution in [0.15, 0.2) is 11.8 Å². The number of nitrogens with one attached hydrogen (secondary N) is 1. The fourth-order valence-electron chi connectivity index (χ4n) is 1.99. The maximum atomic E-state index is 11.5. The number of rotatable bonds is 3. The normalized spacial score (nSPS) is 12.1. The number of hydrogen-bond acceptors (Lipinski definition) is 5. The zero-order valence-corrected chi connectivity index (χ0v) is 10.3. The molecule has 0 aliphatic heterocycles. The van der Waals surface area contributed by atoms with Crippen molar-refractivity contribution in [3.63, 3.8) is 0 Å². The predicted molar refractivity (Wildman–Crippen MR) is 67.8 cm³/mol. The Labute approximate surface area is 108 Å². The molecule has 1 amide bonds. The largest absolute Gasteiger partial charge is 0.365 e. The predicted octanol–water partition coefficient (Wildman–Crippen LogP) is 1.68. The summed E-state index contributed by atoms with van der Waals surface area (Å²) in [6, 6.07) is 3.49. The van der Waals surface area contributed by atoms with Crippen LogP contribution in [0.25, 0.3) is 0 Å². The number of primary amides is 1. The highest BCUT2D eigenvalue weighted by Crippen LogP contribution is 2.38. The first kappa shape index (κ1) is 12.2. The first-order valence-corrected chi connectivity index (χ1v) is 6.20. The van der Waals surface area contributed by atoms with Crippen LogP contribution >= 0.6 is 11.3 Å². The molecule has 0 saturated carbocycles. The molecule has 1 aromatic heterocycles. The summed E-state index contributed by atoms with van der Waals surface area (Å²) < 4.78 is 0. The minimum absolute atomic E-state index is 0.0426. The summed E-state index contributed by atoms with van der Waals surface area (Å²) in [6.07, 6.45) is 4.15. The summed E-state index contributed by atoms with van der Waals surface area (Å²) in [6.45, 7) is 0. The van der Waals surface area contributed by atoms with E-state index in [1.54, 1.807) is 12.1 Å². The van der Waals surface area contributed by atoms with E-state index < -0.39 is 5.91 Å². The molecular formula is C12H10N4OS. The molecule has 1 aromatic rings. The Kier molecular flexibility index (Phi) is 3.31. The van der Waals surface area contributed by atoms with Crippen molar-refractivity contribution in [2.24, 2.45) is 5.73 Å². The van der Waals surface area contributed by atoms with Gasteiger partial charge in [0.05, 0.1) is 5.56 Å². The Morgan fingerprint density at radius 2 is 2.11 bits per heavy atom. The number of anilines is 1. The molecule has 0 fully saturated rings. The first-order valence-electron chi connectivity index (χ1n) is 5.38. The third kappa shape index (κ3) is 2.06. The number of carbonyl (C=O) groups excluding carboxylic acids is 1. The second kappa shape index (κ2) is 4.91. The van der Waals surface area contributed by atoms with Crippen molar-refractivity contribution in [3.05, 3.63) is 27.8 Å². The lowest BCUT2D eigenvalue weighted by Crippen LogP contribution is -2.13. The van der Waals surface area contributed by atoms with E-state index >= 15 is 0 Å². The molecule has 0 bridgehead atoms. The van der Waals surface area contributed by atoms with E-state index in [9.17, 15) is 4.79 Å². The fraction of sp³-hybridized carbons (Fsp3) is 0.250. The van der Waals surface area contributed by atoms with Gasteiger partial charge in [0.15, 0.2) is 0 Å². The average Bonchev–Trinajstić information content (AvgIpc) is 2.89. The number of nitrogens with zero attached hydrogens (tertiary/aromatic N) is 2. The van der Waals surface area contributed by atoms with E-state index in [1.165, 1.54) is 17.5 Å². The van der Waals surface area contributed by atoms with Gasteiger partial charge in [-0.3, -0.25) is 4.79 Å². The monoisotopic (exact) mass is 258 g/mol. The highest BCUT2D eigenvalue weighted by atomic mass is 32.1. The quantitative estimate of drug-likeness (QED) is 0.805. The van der Waals surface area contributed by atoms with E-state index in [4.69, 9.17) is 16.3 Å². The van der Waals surface area contributed by atoms with Gasteiger partial charge < -0.3 is 11.1 Å². The van der Waals surface area contributed by atoms with Crippen molar-refractivity contribution < 1.29 is 4.79 Å². The molecule has 1 heterocycles. The second-order valence-electron chi connectivity index (χ2n) is 3.85. The van der Waals surface area contributed by atoms with E-state index in [0.29, 0.717) is 10.6 Å². The topological polar surface area (TPSA) is 103 Å². The van der Waals surface area contributed by atoms with Gasteiger partial charge in [0.2, 0.25) is 0 Å². The van der Waals surface area contributed by atoms with E-state index in [2.05, 4.69) is 5.32 Å². The van der Waals surface area contributed by atoms with Crippen LogP contribution in [0.3, 0.4) is 0 Å². The van der Waals surface area contributed by atoms with Crippen molar-refractivity contribution in [2.45, 2.75) is 19.3 Å². The molecule has 6 heteroatoms. The molecule has 1 aliphatic rings. The number of amides is 1. The summed E-state index contributed by atoms with van der Waals surface area (Å²) in [4.78, 5) is 12.6. The SMILES string of the molecule is N#CC(C#N)=CNc1sc2c(c1C(N)=O)CCC2. The molecule has 0 unspecified atom stereocenters. The molecule has 0 radical (unpaired) electrons. The van der Waals surface area contributed by atoms with Gasteiger partial charge in [-0.05, 0) is 24.8 Å². The highest BCUT2D eigenvalue weighted by molar-refractivity contribution is 7.16. The second-order valence-corrected chi connectivity index (χ2v) is 4.96. The van der Waals surface area contributed by atoms with E-state index in [1.807, 2.05) is 0 Å². The van der Waals surface area contributed by atoms with Crippen LogP contribution in [0.5, 0.6) is 0 Å². The standard InChI is InChI=1S/C12H10N4OS/c13-4-7(5-14)6-16-12-10(11(15)17)8-2-1-3-9(8)18-12/h6,16H,1-3H2,(H2,15,17). The molecule has 0 aromatic carbocycles. The molecule has 5 nitrogen and oxygen atoms in total. The Balaban J connectivity index is 2.36. The first-order chi connectivity index (χ1) is 8.67. The molecule has 2 rings (SSSR count). The number of aryl methyl sites for hydroxylation is 1. The van der Waals surface area contributed by atoms with Crippen molar-refractivity contribution in [3.8, 4) is 12.1 Å². The molecule has 0 atom stereocenters. The Bertz CT molecular complexity index is 599. The van der Waals surface area contributed by atoms with Crippen LogP contribution < -0.4 is 11.1 Å². The third-order valence-corrected chi connectivity index (χ3v) is 3.98. The Hall–Kier alpha value is -2.31. The number of fused-ring (bicyclic) bond motifs is 1. The summed E-state index contributed by atoms with van der Waals surface area (Å²) in [5, 5.41) is 20.7. The Morgan fingerprint density at radius 3 is 2.72 bits per heavy atom. The van der Waals surface area contributed by atoms with Crippen LogP contribution in [0.1, 0.15) is 27.2 Å². The summed E-state index contributed by atoms with van der Waals surface area (Å²) in [5.74, 6) is -0.472. The summed E-state index contributed by atoms with van der Waals surface area (Å²) in [7, 11) is 0. The number of hydrogen-bond donors (Lipinski definition) is 2. The van der Waals surface area contributed by atoms with Gasteiger partial charge in [0.25, 0.3) is 5.91 Å². The lowest BCUT2D eigenvalue weighted by molar-refractivity contribution is 0.100. The number of nitrogens with two attached hydrogens (primary N) is 1. The smallest absolute Gasteiger partial charge is 0.251 e. The van der Waals surface area contributed by atoms with Crippen molar-refractivity contribution in [1.82, 2.24) is 0 Å². The molecule has 0 saturated heterocycles. The number of nitriles is 2. The van der Waals surface area contributed by atoms with E-state index in [-0.39, 0.29) is 5.57 Å². The van der Waals surface area contributed by atoms with Crippen LogP contribution in [0.2, 0.25) is 0 Å². The van der Waals surface area contributed by atoms with Gasteiger partial charge in [-0.2, -0.15) is 10.5 Å². The minimum atomic E-state index is -0.472. The van der Waals surface area contributed by atoms with Gasteiger partial charge in [0.1, 0.15) is 22.7 Å². The average molecular weight is 258 g/mol. The molecular weight excluding hydrogens is 248 g/mol. The zero-order valence-electron chi connectivity index (χ0n) is 9.49. The van der Waals surface area contributed by atoms with Crippen molar-refractivity contribution in [2.75, 3.05) is 5.32 Å². The van der Waals surface area contributed by atoms with Crippen molar-refractivity contribution in [1.29, 1.82) is 10.5 Å². The summed E-state index contributed by atoms with van der Waals surface area (Å²) in [5.41, 5.74) is 6.85. The lowest BCUT2D eigenvalue weighted by atomic mass is 10.1. The van der Waals surface area contributed by atoms with Crippen LogP contribution in [0.4, 0.5) is 5.00 Å². The zero-order chi connectivity index (χ0) is 13.1. The van der Waals surface area contributed by atoms with Gasteiger partial charge in [-0.25, -0.2) is 0 Å². The van der Waals surface area contributed by atoms with Crippen LogP contribution in [0, 0.1) is 22.7 Å². The number of carbonyl (C=O) groups is 1. The Morgan fingerprint density at radius 1 is 1.39 bits per heavy atom. The lowest BCUT2D eigenvalue weighted by Gasteiger charge is -2.01. The highest BCUT2D eigenvalue weighted by Gasteiger charge is 2.24. The van der Waals surface area contributed by atoms with Crippen LogP contribution in [-0.2, 0) is 12.8 Å². The summed E-state index contributed by atoms with van der Waals surface area (Å²) >= 11 is 1.46. The number of allylic oxidation sites excluding steroid dienone is 1. The maximum absolute atomic E-state index is 11.5. The van der Waals surface area contributed by atoms with Gasteiger partial charge in [-0.1, -0.05) is 0 Å². The fourth-order valence-corrected chi connectivity index (χ4v) is 3.26. The molecule has 90 valence electrons. The van der Waals surface area contributed by atoms with Gasteiger partial charge in [-0.15, -0.1) is 11.3 Å².